The van der Waals surface area contributed by atoms with Crippen LogP contribution in [-0.4, -0.2) is 49.9 Å². The molecule has 1 unspecified atom stereocenters. The zero-order chi connectivity index (χ0) is 26.7. The SMILES string of the molecule is C=CCOc1ccc(C(O)=C2C(=O)C(=O)N(c3cc(C)on3)C2c2cc(OC)c(OC)c(OC)c2)cc1. The fraction of sp³-hybridized carbons (Fsp3) is 0.222. The number of nitrogens with zero attached hydrogens (tertiary/aromatic N) is 2. The van der Waals surface area contributed by atoms with Gasteiger partial charge in [0.05, 0.1) is 32.9 Å². The molecule has 0 saturated carbocycles. The Bertz CT molecular complexity index is 1350. The topological polar surface area (TPSA) is 121 Å². The van der Waals surface area contributed by atoms with Crippen molar-refractivity contribution in [3.8, 4) is 23.0 Å². The minimum absolute atomic E-state index is 0.116. The maximum atomic E-state index is 13.3. The summed E-state index contributed by atoms with van der Waals surface area (Å²) in [6.45, 7) is 5.59. The van der Waals surface area contributed by atoms with Crippen molar-refractivity contribution >= 4 is 23.3 Å². The number of methoxy groups -OCH3 is 3. The van der Waals surface area contributed by atoms with Gasteiger partial charge in [0.25, 0.3) is 5.78 Å². The number of ketones is 1. The highest BCUT2D eigenvalue weighted by molar-refractivity contribution is 6.51. The summed E-state index contributed by atoms with van der Waals surface area (Å²) in [7, 11) is 4.37. The van der Waals surface area contributed by atoms with Crippen molar-refractivity contribution in [3.05, 3.63) is 77.6 Å². The second-order valence-corrected chi connectivity index (χ2v) is 8.05. The minimum atomic E-state index is -1.07. The third kappa shape index (κ3) is 4.61. The molecule has 0 aliphatic carbocycles. The molecule has 4 rings (SSSR count). The van der Waals surface area contributed by atoms with Gasteiger partial charge in [-0.05, 0) is 48.9 Å². The highest BCUT2D eigenvalue weighted by atomic mass is 16.5. The van der Waals surface area contributed by atoms with Gasteiger partial charge in [0.1, 0.15) is 23.9 Å². The van der Waals surface area contributed by atoms with Crippen molar-refractivity contribution in [1.82, 2.24) is 5.16 Å². The van der Waals surface area contributed by atoms with E-state index in [9.17, 15) is 14.7 Å². The molecule has 2 aromatic carbocycles. The number of ether oxygens (including phenoxy) is 4. The van der Waals surface area contributed by atoms with Crippen molar-refractivity contribution in [2.75, 3.05) is 32.8 Å². The Kier molecular flexibility index (Phi) is 7.19. The lowest BCUT2D eigenvalue weighted by Crippen LogP contribution is -2.29. The van der Waals surface area contributed by atoms with E-state index in [1.165, 1.54) is 32.3 Å². The van der Waals surface area contributed by atoms with Crippen molar-refractivity contribution < 1.29 is 38.2 Å². The van der Waals surface area contributed by atoms with Crippen LogP contribution in [0.4, 0.5) is 5.82 Å². The maximum absolute atomic E-state index is 13.3. The Morgan fingerprint density at radius 2 is 1.73 bits per heavy atom. The van der Waals surface area contributed by atoms with E-state index in [-0.39, 0.29) is 17.2 Å². The smallest absolute Gasteiger partial charge is 0.301 e. The van der Waals surface area contributed by atoms with Crippen LogP contribution < -0.4 is 23.8 Å². The van der Waals surface area contributed by atoms with Crippen molar-refractivity contribution in [2.24, 2.45) is 0 Å². The quantitative estimate of drug-likeness (QED) is 0.197. The lowest BCUT2D eigenvalue weighted by atomic mass is 9.94. The molecule has 37 heavy (non-hydrogen) atoms. The van der Waals surface area contributed by atoms with E-state index < -0.39 is 17.7 Å². The number of rotatable bonds is 9. The van der Waals surface area contributed by atoms with Gasteiger partial charge >= 0.3 is 5.91 Å². The molecule has 0 radical (unpaired) electrons. The first-order valence-electron chi connectivity index (χ1n) is 11.2. The summed E-state index contributed by atoms with van der Waals surface area (Å²) in [5.41, 5.74) is 0.597. The average molecular weight is 507 g/mol. The molecule has 1 N–H and O–H groups in total. The zero-order valence-electron chi connectivity index (χ0n) is 20.8. The van der Waals surface area contributed by atoms with E-state index in [1.54, 1.807) is 49.4 Å². The molecule has 1 atom stereocenters. The van der Waals surface area contributed by atoms with E-state index in [0.717, 1.165) is 0 Å². The predicted octanol–water partition coefficient (Wildman–Crippen LogP) is 4.20. The van der Waals surface area contributed by atoms with Crippen LogP contribution in [-0.2, 0) is 9.59 Å². The summed E-state index contributed by atoms with van der Waals surface area (Å²) >= 11 is 0. The van der Waals surface area contributed by atoms with E-state index >= 15 is 0 Å². The second-order valence-electron chi connectivity index (χ2n) is 8.05. The number of aliphatic hydroxyl groups excluding tert-OH is 1. The highest BCUT2D eigenvalue weighted by Crippen LogP contribution is 2.47. The number of carbonyl (C=O) groups excluding carboxylic acids is 2. The van der Waals surface area contributed by atoms with Crippen LogP contribution >= 0.6 is 0 Å². The number of aryl methyl sites for hydroxylation is 1. The summed E-state index contributed by atoms with van der Waals surface area (Å²) in [5.74, 6) is -0.0704. The number of Topliss-reactive ketones (excluding diaryl/α,β-unsaturated/α-hetero) is 1. The molecule has 2 heterocycles. The third-order valence-electron chi connectivity index (χ3n) is 5.81. The van der Waals surface area contributed by atoms with Crippen molar-refractivity contribution in [3.63, 3.8) is 0 Å². The first-order valence-corrected chi connectivity index (χ1v) is 11.2. The number of aliphatic hydroxyl groups is 1. The average Bonchev–Trinajstić information content (AvgIpc) is 3.46. The molecule has 1 fully saturated rings. The van der Waals surface area contributed by atoms with Gasteiger partial charge in [-0.25, -0.2) is 0 Å². The molecule has 1 amide bonds. The molecule has 10 heteroatoms. The van der Waals surface area contributed by atoms with Crippen LogP contribution in [0.5, 0.6) is 23.0 Å². The Balaban J connectivity index is 1.93. The van der Waals surface area contributed by atoms with E-state index in [1.807, 2.05) is 0 Å². The fourth-order valence-electron chi connectivity index (χ4n) is 4.13. The van der Waals surface area contributed by atoms with Gasteiger partial charge in [-0.15, -0.1) is 0 Å². The van der Waals surface area contributed by atoms with E-state index in [0.29, 0.717) is 46.5 Å². The van der Waals surface area contributed by atoms with Gasteiger partial charge in [0.15, 0.2) is 17.3 Å². The number of hydrogen-bond donors (Lipinski definition) is 1. The minimum Gasteiger partial charge on any atom is -0.507 e. The summed E-state index contributed by atoms with van der Waals surface area (Å²) < 4.78 is 27.0. The van der Waals surface area contributed by atoms with E-state index in [2.05, 4.69) is 11.7 Å². The monoisotopic (exact) mass is 506 g/mol. The summed E-state index contributed by atoms with van der Waals surface area (Å²) in [6, 6.07) is 10.1. The van der Waals surface area contributed by atoms with Crippen LogP contribution in [0.1, 0.15) is 22.9 Å². The van der Waals surface area contributed by atoms with Crippen LogP contribution in [0.2, 0.25) is 0 Å². The van der Waals surface area contributed by atoms with Gasteiger partial charge < -0.3 is 28.6 Å². The Labute approximate surface area is 213 Å². The Morgan fingerprint density at radius 1 is 1.08 bits per heavy atom. The largest absolute Gasteiger partial charge is 0.507 e. The van der Waals surface area contributed by atoms with Crippen molar-refractivity contribution in [1.29, 1.82) is 0 Å². The van der Waals surface area contributed by atoms with E-state index in [4.69, 9.17) is 23.5 Å². The first kappa shape index (κ1) is 25.4. The maximum Gasteiger partial charge on any atom is 0.301 e. The Morgan fingerprint density at radius 3 is 2.24 bits per heavy atom. The number of amides is 1. The number of anilines is 1. The van der Waals surface area contributed by atoms with Gasteiger partial charge in [-0.1, -0.05) is 17.8 Å². The molecule has 0 spiro atoms. The molecule has 1 saturated heterocycles. The fourth-order valence-corrected chi connectivity index (χ4v) is 4.13. The molecule has 3 aromatic rings. The summed E-state index contributed by atoms with van der Waals surface area (Å²) in [5, 5.41) is 15.3. The number of hydrogen-bond acceptors (Lipinski definition) is 9. The molecule has 1 aliphatic rings. The van der Waals surface area contributed by atoms with Crippen LogP contribution in [0, 0.1) is 6.92 Å². The van der Waals surface area contributed by atoms with Crippen LogP contribution in [0.15, 0.2) is 65.2 Å². The van der Waals surface area contributed by atoms with Gasteiger partial charge in [-0.3, -0.25) is 14.5 Å². The molecule has 1 aromatic heterocycles. The summed E-state index contributed by atoms with van der Waals surface area (Å²) in [4.78, 5) is 27.8. The molecular weight excluding hydrogens is 480 g/mol. The van der Waals surface area contributed by atoms with Crippen molar-refractivity contribution in [2.45, 2.75) is 13.0 Å². The molecule has 1 aliphatic heterocycles. The first-order chi connectivity index (χ1) is 17.8. The zero-order valence-corrected chi connectivity index (χ0v) is 20.8. The lowest BCUT2D eigenvalue weighted by Gasteiger charge is -2.24. The number of carbonyl (C=O) groups is 2. The Hall–Kier alpha value is -4.73. The number of benzene rings is 2. The summed E-state index contributed by atoms with van der Waals surface area (Å²) in [6.07, 6.45) is 1.61. The lowest BCUT2D eigenvalue weighted by molar-refractivity contribution is -0.132. The number of aromatic nitrogens is 1. The van der Waals surface area contributed by atoms with Gasteiger partial charge in [0, 0.05) is 11.6 Å². The van der Waals surface area contributed by atoms with Crippen LogP contribution in [0.3, 0.4) is 0 Å². The molecule has 0 bridgehead atoms. The molecule has 10 nitrogen and oxygen atoms in total. The van der Waals surface area contributed by atoms with Gasteiger partial charge in [-0.2, -0.15) is 0 Å². The highest BCUT2D eigenvalue weighted by Gasteiger charge is 2.48. The standard InChI is InChI=1S/C27H26N2O8/c1-6-11-36-18-9-7-16(8-10-18)24(30)22-23(17-13-19(33-3)26(35-5)20(14-17)34-4)29(27(32)25(22)31)21-12-15(2)37-28-21/h6-10,12-14,23,30H,1,11H2,2-5H3. The molecular formula is C27H26N2O8. The normalized spacial score (nSPS) is 16.5. The van der Waals surface area contributed by atoms with Gasteiger partial charge in [0.2, 0.25) is 5.75 Å². The molecule has 192 valence electrons. The third-order valence-corrected chi connectivity index (χ3v) is 5.81. The second kappa shape index (κ2) is 10.5. The van der Waals surface area contributed by atoms with Crippen LogP contribution in [0.25, 0.3) is 5.76 Å². The predicted molar refractivity (Wildman–Crippen MR) is 134 cm³/mol.